The molecule has 1 N–H and O–H groups in total. The van der Waals surface area contributed by atoms with Gasteiger partial charge in [-0.1, -0.05) is 32.0 Å². The smallest absolute Gasteiger partial charge is 0.188 e. The van der Waals surface area contributed by atoms with Crippen molar-refractivity contribution < 1.29 is 4.39 Å². The van der Waals surface area contributed by atoms with Gasteiger partial charge in [0.1, 0.15) is 11.6 Å². The van der Waals surface area contributed by atoms with Gasteiger partial charge < -0.3 is 5.32 Å². The molecular formula is C21H19FN8. The molecule has 4 heterocycles. The van der Waals surface area contributed by atoms with Crippen LogP contribution in [0.1, 0.15) is 25.7 Å². The van der Waals surface area contributed by atoms with E-state index in [0.29, 0.717) is 22.9 Å². The summed E-state index contributed by atoms with van der Waals surface area (Å²) in [5.41, 5.74) is 1.66. The first-order valence-electron chi connectivity index (χ1n) is 9.65. The summed E-state index contributed by atoms with van der Waals surface area (Å²) in [5, 5.41) is 24.9. The Labute approximate surface area is 171 Å². The van der Waals surface area contributed by atoms with Gasteiger partial charge in [-0.15, -0.1) is 25.5 Å². The number of benzene rings is 1. The standard InChI is InChI=1S/C21H19FN8/c1-13(2)19(21-27-24-17-9-5-6-12-29(17)21)23-16-10-11-18-25-26-20(30(18)28-16)14-7-3-4-8-15(14)22/h3-13,19H,1-2H3,(H,23,28). The van der Waals surface area contributed by atoms with Gasteiger partial charge in [-0.3, -0.25) is 4.40 Å². The summed E-state index contributed by atoms with van der Waals surface area (Å²) in [6.45, 7) is 4.20. The van der Waals surface area contributed by atoms with E-state index in [1.165, 1.54) is 6.07 Å². The summed E-state index contributed by atoms with van der Waals surface area (Å²) in [6, 6.07) is 15.7. The van der Waals surface area contributed by atoms with Crippen LogP contribution in [0.25, 0.3) is 22.7 Å². The van der Waals surface area contributed by atoms with E-state index in [4.69, 9.17) is 0 Å². The first kappa shape index (κ1) is 18.2. The normalized spacial score (nSPS) is 12.7. The Kier molecular flexibility index (Phi) is 4.35. The number of fused-ring (bicyclic) bond motifs is 2. The molecule has 0 saturated heterocycles. The first-order valence-corrected chi connectivity index (χ1v) is 9.65. The van der Waals surface area contributed by atoms with Gasteiger partial charge in [0.2, 0.25) is 0 Å². The lowest BCUT2D eigenvalue weighted by molar-refractivity contribution is 0.515. The summed E-state index contributed by atoms with van der Waals surface area (Å²) in [7, 11) is 0. The minimum absolute atomic E-state index is 0.138. The average Bonchev–Trinajstić information content (AvgIpc) is 3.36. The number of halogens is 1. The molecule has 0 aliphatic rings. The minimum atomic E-state index is -0.373. The highest BCUT2D eigenvalue weighted by Gasteiger charge is 2.23. The van der Waals surface area contributed by atoms with Crippen LogP contribution >= 0.6 is 0 Å². The van der Waals surface area contributed by atoms with Crippen LogP contribution in [-0.2, 0) is 0 Å². The molecule has 0 saturated carbocycles. The van der Waals surface area contributed by atoms with E-state index < -0.39 is 0 Å². The van der Waals surface area contributed by atoms with Crippen molar-refractivity contribution in [3.63, 3.8) is 0 Å². The van der Waals surface area contributed by atoms with Gasteiger partial charge in [0.25, 0.3) is 0 Å². The van der Waals surface area contributed by atoms with E-state index in [9.17, 15) is 4.39 Å². The second-order valence-electron chi connectivity index (χ2n) is 7.35. The van der Waals surface area contributed by atoms with Crippen LogP contribution < -0.4 is 5.32 Å². The lowest BCUT2D eigenvalue weighted by Gasteiger charge is -2.21. The third-order valence-corrected chi connectivity index (χ3v) is 4.97. The van der Waals surface area contributed by atoms with Crippen molar-refractivity contribution in [2.45, 2.75) is 19.9 Å². The minimum Gasteiger partial charge on any atom is -0.358 e. The number of aromatic nitrogens is 7. The lowest BCUT2D eigenvalue weighted by atomic mass is 10.0. The van der Waals surface area contributed by atoms with E-state index >= 15 is 0 Å². The highest BCUT2D eigenvalue weighted by atomic mass is 19.1. The number of rotatable bonds is 5. The molecule has 9 heteroatoms. The highest BCUT2D eigenvalue weighted by Crippen LogP contribution is 2.26. The molecule has 0 spiro atoms. The van der Waals surface area contributed by atoms with Gasteiger partial charge in [0.05, 0.1) is 11.6 Å². The van der Waals surface area contributed by atoms with Crippen molar-refractivity contribution in [2.75, 3.05) is 5.32 Å². The Balaban J connectivity index is 1.55. The van der Waals surface area contributed by atoms with Gasteiger partial charge in [0.15, 0.2) is 22.9 Å². The summed E-state index contributed by atoms with van der Waals surface area (Å²) in [4.78, 5) is 0. The Morgan fingerprint density at radius 2 is 1.67 bits per heavy atom. The summed E-state index contributed by atoms with van der Waals surface area (Å²) in [6.07, 6.45) is 1.94. The summed E-state index contributed by atoms with van der Waals surface area (Å²) in [5.74, 6) is 1.58. The van der Waals surface area contributed by atoms with E-state index in [1.54, 1.807) is 28.8 Å². The van der Waals surface area contributed by atoms with Crippen LogP contribution in [0.2, 0.25) is 0 Å². The molecule has 1 unspecified atom stereocenters. The maximum atomic E-state index is 14.3. The van der Waals surface area contributed by atoms with Gasteiger partial charge >= 0.3 is 0 Å². The Hall–Kier alpha value is -3.88. The molecule has 8 nitrogen and oxygen atoms in total. The Morgan fingerprint density at radius 3 is 2.50 bits per heavy atom. The molecule has 0 aliphatic heterocycles. The fraction of sp³-hybridized carbons (Fsp3) is 0.190. The Morgan fingerprint density at radius 1 is 0.867 bits per heavy atom. The topological polar surface area (TPSA) is 85.3 Å². The van der Waals surface area contributed by atoms with Crippen molar-refractivity contribution in [2.24, 2.45) is 5.92 Å². The first-order chi connectivity index (χ1) is 14.6. The van der Waals surface area contributed by atoms with Crippen molar-refractivity contribution in [3.8, 4) is 11.4 Å². The number of hydrogen-bond donors (Lipinski definition) is 1. The molecule has 0 bridgehead atoms. The third-order valence-electron chi connectivity index (χ3n) is 4.97. The Bertz CT molecular complexity index is 1340. The van der Waals surface area contributed by atoms with Crippen molar-refractivity contribution in [1.82, 2.24) is 34.4 Å². The number of nitrogens with zero attached hydrogens (tertiary/aromatic N) is 7. The predicted molar refractivity (Wildman–Crippen MR) is 110 cm³/mol. The number of nitrogens with one attached hydrogen (secondary N) is 1. The van der Waals surface area contributed by atoms with Gasteiger partial charge in [-0.05, 0) is 42.3 Å². The zero-order chi connectivity index (χ0) is 20.7. The SMILES string of the molecule is CC(C)C(Nc1ccc2nnc(-c3ccccc3F)n2n1)c1nnc2ccccn12. The molecule has 1 atom stereocenters. The molecule has 4 aromatic heterocycles. The monoisotopic (exact) mass is 402 g/mol. The highest BCUT2D eigenvalue weighted by molar-refractivity contribution is 5.60. The maximum Gasteiger partial charge on any atom is 0.188 e. The van der Waals surface area contributed by atoms with Crippen LogP contribution in [0.5, 0.6) is 0 Å². The third kappa shape index (κ3) is 3.04. The van der Waals surface area contributed by atoms with E-state index in [-0.39, 0.29) is 17.8 Å². The summed E-state index contributed by atoms with van der Waals surface area (Å²) < 4.78 is 17.8. The quantitative estimate of drug-likeness (QED) is 0.482. The molecule has 0 amide bonds. The fourth-order valence-corrected chi connectivity index (χ4v) is 3.44. The average molecular weight is 402 g/mol. The van der Waals surface area contributed by atoms with E-state index in [2.05, 4.69) is 44.7 Å². The molecule has 5 aromatic rings. The van der Waals surface area contributed by atoms with Gasteiger partial charge in [-0.2, -0.15) is 4.52 Å². The van der Waals surface area contributed by atoms with E-state index in [1.807, 2.05) is 34.9 Å². The van der Waals surface area contributed by atoms with Crippen LogP contribution in [0, 0.1) is 11.7 Å². The van der Waals surface area contributed by atoms with Crippen LogP contribution in [0.3, 0.4) is 0 Å². The molecule has 0 radical (unpaired) electrons. The zero-order valence-corrected chi connectivity index (χ0v) is 16.4. The number of pyridine rings is 1. The maximum absolute atomic E-state index is 14.3. The number of anilines is 1. The zero-order valence-electron chi connectivity index (χ0n) is 16.4. The van der Waals surface area contributed by atoms with Crippen molar-refractivity contribution in [3.05, 3.63) is 72.4 Å². The molecule has 0 fully saturated rings. The largest absolute Gasteiger partial charge is 0.358 e. The van der Waals surface area contributed by atoms with Crippen LogP contribution in [0.15, 0.2) is 60.8 Å². The molecule has 30 heavy (non-hydrogen) atoms. The lowest BCUT2D eigenvalue weighted by Crippen LogP contribution is -2.21. The summed E-state index contributed by atoms with van der Waals surface area (Å²) >= 11 is 0. The van der Waals surface area contributed by atoms with Crippen molar-refractivity contribution >= 4 is 17.1 Å². The van der Waals surface area contributed by atoms with Crippen LogP contribution in [0.4, 0.5) is 10.2 Å². The van der Waals surface area contributed by atoms with Crippen LogP contribution in [-0.4, -0.2) is 34.4 Å². The van der Waals surface area contributed by atoms with Crippen molar-refractivity contribution in [1.29, 1.82) is 0 Å². The molecule has 5 rings (SSSR count). The second kappa shape index (κ2) is 7.18. The molecular weight excluding hydrogens is 383 g/mol. The fourth-order valence-electron chi connectivity index (χ4n) is 3.44. The molecule has 150 valence electrons. The molecule has 1 aromatic carbocycles. The predicted octanol–water partition coefficient (Wildman–Crippen LogP) is 3.78. The number of hydrogen-bond acceptors (Lipinski definition) is 6. The molecule has 0 aliphatic carbocycles. The van der Waals surface area contributed by atoms with E-state index in [0.717, 1.165) is 11.5 Å². The second-order valence-corrected chi connectivity index (χ2v) is 7.35. The van der Waals surface area contributed by atoms with Gasteiger partial charge in [0, 0.05) is 6.20 Å². The van der Waals surface area contributed by atoms with Gasteiger partial charge in [-0.25, -0.2) is 4.39 Å².